The van der Waals surface area contributed by atoms with Crippen LogP contribution in [0.4, 0.5) is 11.4 Å². The summed E-state index contributed by atoms with van der Waals surface area (Å²) in [7, 11) is 7.20. The van der Waals surface area contributed by atoms with Crippen molar-refractivity contribution >= 4 is 17.3 Å². The van der Waals surface area contributed by atoms with Crippen LogP contribution in [0.15, 0.2) is 18.2 Å². The van der Waals surface area contributed by atoms with Crippen molar-refractivity contribution in [3.63, 3.8) is 0 Å². The zero-order chi connectivity index (χ0) is 15.8. The summed E-state index contributed by atoms with van der Waals surface area (Å²) in [5.74, 6) is -0.0322. The molecule has 1 aromatic rings. The number of likely N-dealkylation sites (N-methyl/N-ethyl adjacent to an activating group) is 1. The van der Waals surface area contributed by atoms with Crippen molar-refractivity contribution in [1.82, 2.24) is 9.80 Å². The first-order valence-electron chi connectivity index (χ1n) is 6.98. The minimum absolute atomic E-state index is 0.0322. The first-order valence-corrected chi connectivity index (χ1v) is 6.98. The molecule has 0 aliphatic heterocycles. The molecule has 0 saturated heterocycles. The average molecular weight is 294 g/mol. The molecule has 6 heteroatoms. The number of ether oxygens (including phenoxy) is 1. The molecule has 0 radical (unpaired) electrons. The lowest BCUT2D eigenvalue weighted by Crippen LogP contribution is -2.28. The number of rotatable bonds is 8. The van der Waals surface area contributed by atoms with Gasteiger partial charge in [0, 0.05) is 46.4 Å². The van der Waals surface area contributed by atoms with Crippen molar-refractivity contribution < 1.29 is 9.53 Å². The van der Waals surface area contributed by atoms with Crippen molar-refractivity contribution in [2.24, 2.45) is 0 Å². The number of hydrogen-bond donors (Lipinski definition) is 2. The second-order valence-electron chi connectivity index (χ2n) is 5.22. The van der Waals surface area contributed by atoms with E-state index in [9.17, 15) is 4.79 Å². The standard InChI is InChI=1S/C15H26N4O2/c1-18(2)15(20)12-5-6-13(16)14(11-12)17-7-8-19(3)9-10-21-4/h5-6,11,17H,7-10,16H2,1-4H3. The Balaban J connectivity index is 2.58. The third kappa shape index (κ3) is 5.61. The SMILES string of the molecule is COCCN(C)CCNc1cc(C(=O)N(C)C)ccc1N. The molecule has 0 aliphatic rings. The summed E-state index contributed by atoms with van der Waals surface area (Å²) in [4.78, 5) is 15.7. The maximum absolute atomic E-state index is 11.9. The van der Waals surface area contributed by atoms with E-state index >= 15 is 0 Å². The number of nitrogen functional groups attached to an aromatic ring is 1. The summed E-state index contributed by atoms with van der Waals surface area (Å²) < 4.78 is 5.04. The van der Waals surface area contributed by atoms with Gasteiger partial charge in [-0.1, -0.05) is 0 Å². The fraction of sp³-hybridized carbons (Fsp3) is 0.533. The monoisotopic (exact) mass is 294 g/mol. The zero-order valence-electron chi connectivity index (χ0n) is 13.3. The lowest BCUT2D eigenvalue weighted by molar-refractivity contribution is 0.0827. The molecule has 3 N–H and O–H groups in total. The molecule has 0 bridgehead atoms. The molecule has 0 aliphatic carbocycles. The Hall–Kier alpha value is -1.79. The van der Waals surface area contributed by atoms with Crippen LogP contribution in [-0.4, -0.2) is 70.2 Å². The molecule has 0 spiro atoms. The van der Waals surface area contributed by atoms with E-state index in [4.69, 9.17) is 10.5 Å². The molecule has 0 fully saturated rings. The third-order valence-electron chi connectivity index (χ3n) is 3.19. The van der Waals surface area contributed by atoms with Crippen molar-refractivity contribution in [2.45, 2.75) is 0 Å². The number of amides is 1. The van der Waals surface area contributed by atoms with Gasteiger partial charge in [-0.15, -0.1) is 0 Å². The van der Waals surface area contributed by atoms with Gasteiger partial charge in [0.05, 0.1) is 18.0 Å². The Labute approximate surface area is 126 Å². The largest absolute Gasteiger partial charge is 0.397 e. The Kier molecular flexibility index (Phi) is 6.98. The first-order chi connectivity index (χ1) is 9.95. The predicted molar refractivity (Wildman–Crippen MR) is 86.7 cm³/mol. The number of methoxy groups -OCH3 is 1. The number of carbonyl (C=O) groups is 1. The molecule has 1 aromatic carbocycles. The second-order valence-corrected chi connectivity index (χ2v) is 5.22. The van der Waals surface area contributed by atoms with E-state index in [1.54, 1.807) is 44.3 Å². The predicted octanol–water partition coefficient (Wildman–Crippen LogP) is 0.961. The Morgan fingerprint density at radius 2 is 2.00 bits per heavy atom. The van der Waals surface area contributed by atoms with E-state index < -0.39 is 0 Å². The van der Waals surface area contributed by atoms with Gasteiger partial charge >= 0.3 is 0 Å². The number of nitrogens with two attached hydrogens (primary N) is 1. The van der Waals surface area contributed by atoms with Gasteiger partial charge in [0.15, 0.2) is 0 Å². The summed E-state index contributed by atoms with van der Waals surface area (Å²) in [6, 6.07) is 5.30. The maximum atomic E-state index is 11.9. The minimum atomic E-state index is -0.0322. The van der Waals surface area contributed by atoms with Gasteiger partial charge in [-0.2, -0.15) is 0 Å². The molecular weight excluding hydrogens is 268 g/mol. The topological polar surface area (TPSA) is 70.8 Å². The van der Waals surface area contributed by atoms with Gasteiger partial charge < -0.3 is 25.6 Å². The van der Waals surface area contributed by atoms with E-state index in [0.717, 1.165) is 25.3 Å². The maximum Gasteiger partial charge on any atom is 0.253 e. The highest BCUT2D eigenvalue weighted by Crippen LogP contribution is 2.20. The summed E-state index contributed by atoms with van der Waals surface area (Å²) >= 11 is 0. The van der Waals surface area contributed by atoms with E-state index in [1.165, 1.54) is 0 Å². The fourth-order valence-electron chi connectivity index (χ4n) is 1.84. The third-order valence-corrected chi connectivity index (χ3v) is 3.19. The Morgan fingerprint density at radius 3 is 2.62 bits per heavy atom. The Bertz CT molecular complexity index is 463. The van der Waals surface area contributed by atoms with E-state index in [2.05, 4.69) is 10.2 Å². The quantitative estimate of drug-likeness (QED) is 0.699. The van der Waals surface area contributed by atoms with Crippen LogP contribution in [0.3, 0.4) is 0 Å². The van der Waals surface area contributed by atoms with E-state index in [0.29, 0.717) is 17.9 Å². The molecule has 1 amide bonds. The lowest BCUT2D eigenvalue weighted by Gasteiger charge is -2.18. The molecule has 118 valence electrons. The summed E-state index contributed by atoms with van der Waals surface area (Å²) in [5.41, 5.74) is 8.01. The number of benzene rings is 1. The van der Waals surface area contributed by atoms with Gasteiger partial charge in [-0.05, 0) is 25.2 Å². The van der Waals surface area contributed by atoms with Crippen LogP contribution in [0.1, 0.15) is 10.4 Å². The number of carbonyl (C=O) groups excluding carboxylic acids is 1. The molecule has 0 aromatic heterocycles. The van der Waals surface area contributed by atoms with Crippen molar-refractivity contribution in [3.05, 3.63) is 23.8 Å². The van der Waals surface area contributed by atoms with Crippen LogP contribution in [0.2, 0.25) is 0 Å². The highest BCUT2D eigenvalue weighted by molar-refractivity contribution is 5.95. The molecule has 0 atom stereocenters. The summed E-state index contributed by atoms with van der Waals surface area (Å²) in [5, 5.41) is 3.28. The average Bonchev–Trinajstić information content (AvgIpc) is 2.46. The molecule has 1 rings (SSSR count). The number of nitrogens with one attached hydrogen (secondary N) is 1. The summed E-state index contributed by atoms with van der Waals surface area (Å²) in [6.07, 6.45) is 0. The smallest absolute Gasteiger partial charge is 0.253 e. The molecular formula is C15H26N4O2. The normalized spacial score (nSPS) is 10.7. The van der Waals surface area contributed by atoms with Crippen molar-refractivity contribution in [2.75, 3.05) is 65.5 Å². The molecule has 6 nitrogen and oxygen atoms in total. The second kappa shape index (κ2) is 8.49. The van der Waals surface area contributed by atoms with Gasteiger partial charge in [0.25, 0.3) is 5.91 Å². The van der Waals surface area contributed by atoms with Crippen LogP contribution in [0.5, 0.6) is 0 Å². The van der Waals surface area contributed by atoms with Gasteiger partial charge in [0.2, 0.25) is 0 Å². The highest BCUT2D eigenvalue weighted by atomic mass is 16.5. The Morgan fingerprint density at radius 1 is 1.29 bits per heavy atom. The van der Waals surface area contributed by atoms with Gasteiger partial charge in [-0.3, -0.25) is 4.79 Å². The van der Waals surface area contributed by atoms with Crippen LogP contribution in [0, 0.1) is 0 Å². The van der Waals surface area contributed by atoms with Gasteiger partial charge in [-0.25, -0.2) is 0 Å². The van der Waals surface area contributed by atoms with Crippen LogP contribution < -0.4 is 11.1 Å². The molecule has 0 unspecified atom stereocenters. The zero-order valence-corrected chi connectivity index (χ0v) is 13.3. The lowest BCUT2D eigenvalue weighted by atomic mass is 10.1. The molecule has 21 heavy (non-hydrogen) atoms. The van der Waals surface area contributed by atoms with E-state index in [1.807, 2.05) is 7.05 Å². The van der Waals surface area contributed by atoms with E-state index in [-0.39, 0.29) is 5.91 Å². The van der Waals surface area contributed by atoms with Crippen LogP contribution in [-0.2, 0) is 4.74 Å². The minimum Gasteiger partial charge on any atom is -0.397 e. The van der Waals surface area contributed by atoms with Gasteiger partial charge in [0.1, 0.15) is 0 Å². The first kappa shape index (κ1) is 17.3. The molecule has 0 saturated carbocycles. The van der Waals surface area contributed by atoms with Crippen molar-refractivity contribution in [1.29, 1.82) is 0 Å². The number of nitrogens with zero attached hydrogens (tertiary/aromatic N) is 2. The van der Waals surface area contributed by atoms with Crippen LogP contribution >= 0.6 is 0 Å². The molecule has 0 heterocycles. The van der Waals surface area contributed by atoms with Crippen LogP contribution in [0.25, 0.3) is 0 Å². The fourth-order valence-corrected chi connectivity index (χ4v) is 1.84. The summed E-state index contributed by atoms with van der Waals surface area (Å²) in [6.45, 7) is 3.22. The highest BCUT2D eigenvalue weighted by Gasteiger charge is 2.10. The van der Waals surface area contributed by atoms with Crippen molar-refractivity contribution in [3.8, 4) is 0 Å². The number of hydrogen-bond acceptors (Lipinski definition) is 5. The number of anilines is 2.